The fraction of sp³-hybridized carbons (Fsp3) is 0.533. The lowest BCUT2D eigenvalue weighted by Crippen LogP contribution is -2.36. The van der Waals surface area contributed by atoms with Crippen molar-refractivity contribution in [1.82, 2.24) is 5.32 Å². The second kappa shape index (κ2) is 7.14. The Morgan fingerprint density at radius 2 is 1.90 bits per heavy atom. The molecule has 1 fully saturated rings. The van der Waals surface area contributed by atoms with Gasteiger partial charge in [0.2, 0.25) is 0 Å². The van der Waals surface area contributed by atoms with Crippen LogP contribution in [0.25, 0.3) is 0 Å². The summed E-state index contributed by atoms with van der Waals surface area (Å²) in [5, 5.41) is 5.73. The third-order valence-electron chi connectivity index (χ3n) is 3.79. The number of nitrogens with two attached hydrogens (primary N) is 1. The molecule has 1 aliphatic carbocycles. The fourth-order valence-corrected chi connectivity index (χ4v) is 2.48. The van der Waals surface area contributed by atoms with Gasteiger partial charge in [-0.15, -0.1) is 0 Å². The topological polar surface area (TPSA) is 76.4 Å². The third kappa shape index (κ3) is 4.42. The molecule has 0 aliphatic heterocycles. The average Bonchev–Trinajstić information content (AvgIpc) is 2.47. The minimum absolute atomic E-state index is 0.162. The molecular formula is C15H23N3O2. The van der Waals surface area contributed by atoms with Gasteiger partial charge in [-0.25, -0.2) is 4.79 Å². The van der Waals surface area contributed by atoms with E-state index in [1.807, 2.05) is 24.3 Å². The number of hydrogen-bond acceptors (Lipinski definition) is 3. The normalized spacial score (nSPS) is 22.1. The summed E-state index contributed by atoms with van der Waals surface area (Å²) in [6.45, 7) is 0.717. The molecule has 1 saturated carbocycles. The van der Waals surface area contributed by atoms with E-state index in [2.05, 4.69) is 10.6 Å². The summed E-state index contributed by atoms with van der Waals surface area (Å²) in [5.41, 5.74) is 6.63. The van der Waals surface area contributed by atoms with Crippen molar-refractivity contribution in [3.05, 3.63) is 24.3 Å². The monoisotopic (exact) mass is 277 g/mol. The van der Waals surface area contributed by atoms with Crippen LogP contribution in [-0.4, -0.2) is 25.7 Å². The molecule has 1 aromatic rings. The molecule has 5 nitrogen and oxygen atoms in total. The Balaban J connectivity index is 1.72. The Kier molecular flexibility index (Phi) is 5.24. The largest absolute Gasteiger partial charge is 0.497 e. The molecule has 0 atom stereocenters. The number of methoxy groups -OCH3 is 1. The maximum absolute atomic E-state index is 11.8. The molecule has 5 heteroatoms. The van der Waals surface area contributed by atoms with Gasteiger partial charge in [0, 0.05) is 18.3 Å². The summed E-state index contributed by atoms with van der Waals surface area (Å²) in [6.07, 6.45) is 4.33. The van der Waals surface area contributed by atoms with Crippen molar-refractivity contribution in [3.8, 4) is 5.75 Å². The van der Waals surface area contributed by atoms with Crippen LogP contribution in [0, 0.1) is 5.92 Å². The average molecular weight is 277 g/mol. The summed E-state index contributed by atoms with van der Waals surface area (Å²) >= 11 is 0. The zero-order chi connectivity index (χ0) is 14.4. The lowest BCUT2D eigenvalue weighted by atomic mass is 9.86. The molecule has 0 saturated heterocycles. The summed E-state index contributed by atoms with van der Waals surface area (Å²) in [6, 6.07) is 7.45. The molecule has 0 radical (unpaired) electrons. The van der Waals surface area contributed by atoms with Crippen LogP contribution in [0.1, 0.15) is 25.7 Å². The quantitative estimate of drug-likeness (QED) is 0.790. The van der Waals surface area contributed by atoms with Crippen molar-refractivity contribution in [2.24, 2.45) is 11.7 Å². The van der Waals surface area contributed by atoms with Gasteiger partial charge in [0.15, 0.2) is 0 Å². The van der Waals surface area contributed by atoms with Gasteiger partial charge in [0.1, 0.15) is 5.75 Å². The highest BCUT2D eigenvalue weighted by molar-refractivity contribution is 5.89. The number of ether oxygens (including phenoxy) is 1. The highest BCUT2D eigenvalue weighted by Gasteiger charge is 2.18. The van der Waals surface area contributed by atoms with Crippen LogP contribution < -0.4 is 21.1 Å². The van der Waals surface area contributed by atoms with E-state index in [4.69, 9.17) is 10.5 Å². The Labute approximate surface area is 119 Å². The van der Waals surface area contributed by atoms with Crippen molar-refractivity contribution in [2.75, 3.05) is 19.0 Å². The Morgan fingerprint density at radius 1 is 1.25 bits per heavy atom. The summed E-state index contributed by atoms with van der Waals surface area (Å²) in [7, 11) is 1.62. The number of carbonyl (C=O) groups is 1. The lowest BCUT2D eigenvalue weighted by Gasteiger charge is -2.26. The molecule has 2 amide bonds. The van der Waals surface area contributed by atoms with Crippen LogP contribution in [-0.2, 0) is 0 Å². The first-order valence-electron chi connectivity index (χ1n) is 7.12. The number of nitrogens with one attached hydrogen (secondary N) is 2. The van der Waals surface area contributed by atoms with Gasteiger partial charge < -0.3 is 21.1 Å². The van der Waals surface area contributed by atoms with Crippen LogP contribution in [0.15, 0.2) is 24.3 Å². The van der Waals surface area contributed by atoms with Crippen LogP contribution in [0.4, 0.5) is 10.5 Å². The zero-order valence-corrected chi connectivity index (χ0v) is 11.9. The molecule has 4 N–H and O–H groups in total. The Morgan fingerprint density at radius 3 is 2.50 bits per heavy atom. The van der Waals surface area contributed by atoms with Gasteiger partial charge in [-0.1, -0.05) is 0 Å². The second-order valence-corrected chi connectivity index (χ2v) is 5.34. The van der Waals surface area contributed by atoms with Gasteiger partial charge in [0.25, 0.3) is 0 Å². The van der Waals surface area contributed by atoms with Crippen LogP contribution >= 0.6 is 0 Å². The standard InChI is InChI=1S/C15H23N3O2/c1-20-14-8-6-13(7-9-14)18-15(19)17-10-11-2-4-12(16)5-3-11/h6-9,11-12H,2-5,10,16H2,1H3,(H2,17,18,19). The highest BCUT2D eigenvalue weighted by atomic mass is 16.5. The first-order valence-corrected chi connectivity index (χ1v) is 7.12. The molecule has 0 aromatic heterocycles. The number of anilines is 1. The molecule has 0 bridgehead atoms. The second-order valence-electron chi connectivity index (χ2n) is 5.34. The number of rotatable bonds is 4. The highest BCUT2D eigenvalue weighted by Crippen LogP contribution is 2.22. The molecule has 20 heavy (non-hydrogen) atoms. The summed E-state index contributed by atoms with van der Waals surface area (Å²) in [4.78, 5) is 11.8. The molecule has 110 valence electrons. The van der Waals surface area contributed by atoms with Crippen molar-refractivity contribution < 1.29 is 9.53 Å². The van der Waals surface area contributed by atoms with Gasteiger partial charge in [-0.2, -0.15) is 0 Å². The molecule has 0 heterocycles. The van der Waals surface area contributed by atoms with Crippen LogP contribution in [0.3, 0.4) is 0 Å². The van der Waals surface area contributed by atoms with Crippen molar-refractivity contribution in [3.63, 3.8) is 0 Å². The maximum atomic E-state index is 11.8. The predicted molar refractivity (Wildman–Crippen MR) is 79.9 cm³/mol. The van der Waals surface area contributed by atoms with E-state index < -0.39 is 0 Å². The number of urea groups is 1. The third-order valence-corrected chi connectivity index (χ3v) is 3.79. The van der Waals surface area contributed by atoms with E-state index >= 15 is 0 Å². The Bertz CT molecular complexity index is 425. The van der Waals surface area contributed by atoms with E-state index in [1.54, 1.807) is 7.11 Å². The first-order chi connectivity index (χ1) is 9.67. The maximum Gasteiger partial charge on any atom is 0.319 e. The smallest absolute Gasteiger partial charge is 0.319 e. The number of carbonyl (C=O) groups excluding carboxylic acids is 1. The molecule has 1 aliphatic rings. The van der Waals surface area contributed by atoms with Crippen molar-refractivity contribution in [1.29, 1.82) is 0 Å². The molecule has 2 rings (SSSR count). The van der Waals surface area contributed by atoms with Crippen LogP contribution in [0.5, 0.6) is 5.75 Å². The van der Waals surface area contributed by atoms with Crippen molar-refractivity contribution in [2.45, 2.75) is 31.7 Å². The fourth-order valence-electron chi connectivity index (χ4n) is 2.48. The molecule has 0 unspecified atom stereocenters. The molecule has 0 spiro atoms. The van der Waals surface area contributed by atoms with Crippen molar-refractivity contribution >= 4 is 11.7 Å². The molecular weight excluding hydrogens is 254 g/mol. The van der Waals surface area contributed by atoms with Gasteiger partial charge in [-0.05, 0) is 55.9 Å². The van der Waals surface area contributed by atoms with E-state index in [0.717, 1.165) is 37.1 Å². The zero-order valence-electron chi connectivity index (χ0n) is 11.9. The van der Waals surface area contributed by atoms with Gasteiger partial charge in [-0.3, -0.25) is 0 Å². The van der Waals surface area contributed by atoms with E-state index in [0.29, 0.717) is 18.5 Å². The number of hydrogen-bond donors (Lipinski definition) is 3. The molecule has 1 aromatic carbocycles. The summed E-state index contributed by atoms with van der Waals surface area (Å²) in [5.74, 6) is 1.32. The predicted octanol–water partition coefficient (Wildman–Crippen LogP) is 2.33. The van der Waals surface area contributed by atoms with E-state index in [1.165, 1.54) is 0 Å². The lowest BCUT2D eigenvalue weighted by molar-refractivity contribution is 0.246. The van der Waals surface area contributed by atoms with E-state index in [9.17, 15) is 4.79 Å². The van der Waals surface area contributed by atoms with Gasteiger partial charge in [0.05, 0.1) is 7.11 Å². The minimum atomic E-state index is -0.162. The number of benzene rings is 1. The van der Waals surface area contributed by atoms with Crippen LogP contribution in [0.2, 0.25) is 0 Å². The number of amides is 2. The SMILES string of the molecule is COc1ccc(NC(=O)NCC2CCC(N)CC2)cc1. The summed E-state index contributed by atoms with van der Waals surface area (Å²) < 4.78 is 5.07. The van der Waals surface area contributed by atoms with Gasteiger partial charge >= 0.3 is 6.03 Å². The minimum Gasteiger partial charge on any atom is -0.497 e. The first kappa shape index (κ1) is 14.7. The van der Waals surface area contributed by atoms with E-state index in [-0.39, 0.29) is 6.03 Å². The Hall–Kier alpha value is -1.75.